The predicted molar refractivity (Wildman–Crippen MR) is 123 cm³/mol. The number of hydrogen-bond acceptors (Lipinski definition) is 2. The smallest absolute Gasteiger partial charge is 0.246 e. The maximum atomic E-state index is 12.7. The summed E-state index contributed by atoms with van der Waals surface area (Å²) in [5.41, 5.74) is 1.82. The van der Waals surface area contributed by atoms with E-state index in [0.29, 0.717) is 23.1 Å². The van der Waals surface area contributed by atoms with Crippen molar-refractivity contribution in [1.82, 2.24) is 9.80 Å². The van der Waals surface area contributed by atoms with Gasteiger partial charge in [0.05, 0.1) is 0 Å². The third-order valence-corrected chi connectivity index (χ3v) is 5.63. The fourth-order valence-corrected chi connectivity index (χ4v) is 3.67. The average molecular weight is 443 g/mol. The van der Waals surface area contributed by atoms with Crippen LogP contribution in [0.4, 0.5) is 0 Å². The van der Waals surface area contributed by atoms with E-state index in [2.05, 4.69) is 0 Å². The molecule has 1 aliphatic rings. The Labute approximate surface area is 187 Å². The maximum Gasteiger partial charge on any atom is 0.246 e. The van der Waals surface area contributed by atoms with Gasteiger partial charge in [-0.25, -0.2) is 0 Å². The SMILES string of the molecule is CC1CN(C(=O)C=Cc2ccc(Cl)cc2)C(C)CN1C(=O)C=Cc1ccc(Cl)cc1. The van der Waals surface area contributed by atoms with Gasteiger partial charge >= 0.3 is 0 Å². The van der Waals surface area contributed by atoms with Gasteiger partial charge in [-0.05, 0) is 61.4 Å². The minimum Gasteiger partial charge on any atom is -0.333 e. The summed E-state index contributed by atoms with van der Waals surface area (Å²) in [6.45, 7) is 4.91. The number of carbonyl (C=O) groups is 2. The van der Waals surface area contributed by atoms with Crippen molar-refractivity contribution in [2.24, 2.45) is 0 Å². The van der Waals surface area contributed by atoms with Gasteiger partial charge in [0.15, 0.2) is 0 Å². The van der Waals surface area contributed by atoms with Crippen LogP contribution >= 0.6 is 23.2 Å². The van der Waals surface area contributed by atoms with Gasteiger partial charge in [-0.2, -0.15) is 0 Å². The van der Waals surface area contributed by atoms with Crippen LogP contribution in [0.2, 0.25) is 10.0 Å². The third-order valence-electron chi connectivity index (χ3n) is 5.13. The van der Waals surface area contributed by atoms with Gasteiger partial charge < -0.3 is 9.80 Å². The first-order valence-electron chi connectivity index (χ1n) is 9.82. The molecule has 0 saturated carbocycles. The van der Waals surface area contributed by atoms with E-state index < -0.39 is 0 Å². The van der Waals surface area contributed by atoms with Gasteiger partial charge in [0.25, 0.3) is 0 Å². The Hall–Kier alpha value is -2.56. The van der Waals surface area contributed by atoms with E-state index in [9.17, 15) is 9.59 Å². The summed E-state index contributed by atoms with van der Waals surface area (Å²) < 4.78 is 0. The molecule has 0 aliphatic carbocycles. The molecule has 4 nitrogen and oxygen atoms in total. The van der Waals surface area contributed by atoms with E-state index in [1.807, 2.05) is 47.9 Å². The molecule has 0 spiro atoms. The number of piperazine rings is 1. The Morgan fingerprint density at radius 2 is 1.07 bits per heavy atom. The molecule has 30 heavy (non-hydrogen) atoms. The Balaban J connectivity index is 1.61. The molecule has 1 heterocycles. The average Bonchev–Trinajstić information content (AvgIpc) is 2.73. The molecule has 1 fully saturated rings. The summed E-state index contributed by atoms with van der Waals surface area (Å²) in [6, 6.07) is 14.5. The third kappa shape index (κ3) is 5.74. The molecule has 1 aliphatic heterocycles. The van der Waals surface area contributed by atoms with Gasteiger partial charge in [0.1, 0.15) is 0 Å². The minimum absolute atomic E-state index is 0.0619. The molecule has 2 aromatic rings. The quantitative estimate of drug-likeness (QED) is 0.612. The van der Waals surface area contributed by atoms with Gasteiger partial charge in [-0.1, -0.05) is 47.5 Å². The molecule has 156 valence electrons. The van der Waals surface area contributed by atoms with Crippen LogP contribution in [0, 0.1) is 0 Å². The molecule has 2 amide bonds. The van der Waals surface area contributed by atoms with Crippen molar-refractivity contribution >= 4 is 47.2 Å². The first-order valence-corrected chi connectivity index (χ1v) is 10.6. The largest absolute Gasteiger partial charge is 0.333 e. The van der Waals surface area contributed by atoms with E-state index in [1.54, 1.807) is 48.6 Å². The zero-order valence-corrected chi connectivity index (χ0v) is 18.5. The summed E-state index contributed by atoms with van der Waals surface area (Å²) in [4.78, 5) is 29.0. The van der Waals surface area contributed by atoms with Crippen LogP contribution in [0.1, 0.15) is 25.0 Å². The number of amides is 2. The van der Waals surface area contributed by atoms with Crippen molar-refractivity contribution in [3.63, 3.8) is 0 Å². The number of nitrogens with zero attached hydrogens (tertiary/aromatic N) is 2. The number of carbonyl (C=O) groups excluding carboxylic acids is 2. The number of benzene rings is 2. The Morgan fingerprint density at radius 3 is 1.40 bits per heavy atom. The second kappa shape index (κ2) is 9.96. The Bertz CT molecular complexity index is 873. The number of rotatable bonds is 4. The highest BCUT2D eigenvalue weighted by Crippen LogP contribution is 2.18. The van der Waals surface area contributed by atoms with Crippen LogP contribution in [0.3, 0.4) is 0 Å². The van der Waals surface area contributed by atoms with Crippen molar-refractivity contribution in [2.45, 2.75) is 25.9 Å². The monoisotopic (exact) mass is 442 g/mol. The highest BCUT2D eigenvalue weighted by Gasteiger charge is 2.32. The van der Waals surface area contributed by atoms with Gasteiger partial charge in [0.2, 0.25) is 11.8 Å². The predicted octanol–water partition coefficient (Wildman–Crippen LogP) is 5.17. The summed E-state index contributed by atoms with van der Waals surface area (Å²) in [5.74, 6) is -0.124. The lowest BCUT2D eigenvalue weighted by molar-refractivity contribution is -0.139. The molecular weight excluding hydrogens is 419 g/mol. The number of hydrogen-bond donors (Lipinski definition) is 0. The van der Waals surface area contributed by atoms with Crippen LogP contribution < -0.4 is 0 Å². The molecule has 2 unspecified atom stereocenters. The summed E-state index contributed by atoms with van der Waals surface area (Å²) >= 11 is 11.8. The standard InChI is InChI=1S/C24H24Cl2N2O2/c1-17-15-28(24(30)14-8-20-5-11-22(26)12-6-20)18(2)16-27(17)23(29)13-7-19-3-9-21(25)10-4-19/h3-14,17-18H,15-16H2,1-2H3. The van der Waals surface area contributed by atoms with Crippen molar-refractivity contribution in [3.05, 3.63) is 81.9 Å². The van der Waals surface area contributed by atoms with Crippen molar-refractivity contribution < 1.29 is 9.59 Å². The number of halogens is 2. The van der Waals surface area contributed by atoms with Crippen LogP contribution in [0.5, 0.6) is 0 Å². The summed E-state index contributed by atoms with van der Waals surface area (Å²) in [6.07, 6.45) is 6.71. The Kier molecular flexibility index (Phi) is 7.35. The first kappa shape index (κ1) is 22.1. The van der Waals surface area contributed by atoms with Crippen molar-refractivity contribution in [1.29, 1.82) is 0 Å². The van der Waals surface area contributed by atoms with E-state index in [1.165, 1.54) is 0 Å². The first-order chi connectivity index (χ1) is 14.3. The van der Waals surface area contributed by atoms with E-state index in [4.69, 9.17) is 23.2 Å². The molecule has 2 atom stereocenters. The Morgan fingerprint density at radius 1 is 0.733 bits per heavy atom. The van der Waals surface area contributed by atoms with Crippen molar-refractivity contribution in [2.75, 3.05) is 13.1 Å². The van der Waals surface area contributed by atoms with Crippen LogP contribution in [-0.4, -0.2) is 46.8 Å². The minimum atomic E-state index is -0.0727. The molecular formula is C24H24Cl2N2O2. The molecule has 2 aromatic carbocycles. The fraction of sp³-hybridized carbons (Fsp3) is 0.250. The normalized spacial score (nSPS) is 19.6. The lowest BCUT2D eigenvalue weighted by atomic mass is 10.1. The fourth-order valence-electron chi connectivity index (χ4n) is 3.41. The van der Waals surface area contributed by atoms with Crippen molar-refractivity contribution in [3.8, 4) is 0 Å². The van der Waals surface area contributed by atoms with E-state index >= 15 is 0 Å². The zero-order valence-electron chi connectivity index (χ0n) is 17.0. The lowest BCUT2D eigenvalue weighted by Gasteiger charge is -2.43. The summed E-state index contributed by atoms with van der Waals surface area (Å²) in [5, 5.41) is 1.32. The molecule has 3 rings (SSSR count). The molecule has 0 aromatic heterocycles. The lowest BCUT2D eigenvalue weighted by Crippen LogP contribution is -2.59. The molecule has 0 N–H and O–H groups in total. The molecule has 1 saturated heterocycles. The van der Waals surface area contributed by atoms with Gasteiger partial charge in [-0.15, -0.1) is 0 Å². The summed E-state index contributed by atoms with van der Waals surface area (Å²) in [7, 11) is 0. The highest BCUT2D eigenvalue weighted by atomic mass is 35.5. The van der Waals surface area contributed by atoms with Gasteiger partial charge in [-0.3, -0.25) is 9.59 Å². The highest BCUT2D eigenvalue weighted by molar-refractivity contribution is 6.30. The second-order valence-electron chi connectivity index (χ2n) is 7.45. The zero-order chi connectivity index (χ0) is 21.7. The molecule has 6 heteroatoms. The topological polar surface area (TPSA) is 40.6 Å². The van der Waals surface area contributed by atoms with E-state index in [0.717, 1.165) is 11.1 Å². The molecule has 0 bridgehead atoms. The maximum absolute atomic E-state index is 12.7. The van der Waals surface area contributed by atoms with Gasteiger partial charge in [0, 0.05) is 47.4 Å². The van der Waals surface area contributed by atoms with Crippen LogP contribution in [-0.2, 0) is 9.59 Å². The van der Waals surface area contributed by atoms with Crippen LogP contribution in [0.15, 0.2) is 60.7 Å². The van der Waals surface area contributed by atoms with Crippen LogP contribution in [0.25, 0.3) is 12.2 Å². The molecule has 0 radical (unpaired) electrons. The van der Waals surface area contributed by atoms with E-state index in [-0.39, 0.29) is 23.9 Å². The second-order valence-corrected chi connectivity index (χ2v) is 8.32.